The monoisotopic (exact) mass is 690 g/mol. The van der Waals surface area contributed by atoms with Crippen LogP contribution in [-0.4, -0.2) is 9.97 Å². The summed E-state index contributed by atoms with van der Waals surface area (Å²) in [5, 5.41) is 5.42. The molecule has 0 N–H and O–H groups in total. The number of rotatable bonds is 5. The number of furan rings is 2. The highest BCUT2D eigenvalue weighted by molar-refractivity contribution is 6.13. The zero-order valence-electron chi connectivity index (χ0n) is 29.0. The molecule has 11 aromatic rings. The van der Waals surface area contributed by atoms with E-state index in [1.807, 2.05) is 36.4 Å². The largest absolute Gasteiger partial charge is 0.456 e. The molecule has 0 radical (unpaired) electrons. The van der Waals surface area contributed by atoms with Crippen molar-refractivity contribution >= 4 is 54.8 Å². The maximum atomic E-state index is 6.54. The molecule has 0 fully saturated rings. The summed E-state index contributed by atoms with van der Waals surface area (Å²) in [6, 6.07) is 63.4. The van der Waals surface area contributed by atoms with Crippen LogP contribution in [0, 0.1) is 0 Å². The predicted molar refractivity (Wildman–Crippen MR) is 221 cm³/mol. The molecule has 11 rings (SSSR count). The second-order valence-electron chi connectivity index (χ2n) is 13.7. The minimum atomic E-state index is 0.622. The molecule has 4 nitrogen and oxygen atoms in total. The van der Waals surface area contributed by atoms with Crippen molar-refractivity contribution in [3.63, 3.8) is 0 Å². The van der Waals surface area contributed by atoms with Crippen molar-refractivity contribution in [2.75, 3.05) is 0 Å². The average Bonchev–Trinajstić information content (AvgIpc) is 3.82. The third-order valence-electron chi connectivity index (χ3n) is 10.5. The van der Waals surface area contributed by atoms with E-state index in [1.165, 1.54) is 27.5 Å². The van der Waals surface area contributed by atoms with E-state index < -0.39 is 0 Å². The molecule has 0 spiro atoms. The topological polar surface area (TPSA) is 52.1 Å². The van der Waals surface area contributed by atoms with Crippen molar-refractivity contribution in [2.45, 2.75) is 0 Å². The first-order valence-electron chi connectivity index (χ1n) is 18.1. The van der Waals surface area contributed by atoms with Gasteiger partial charge in [0, 0.05) is 27.3 Å². The van der Waals surface area contributed by atoms with Gasteiger partial charge in [-0.2, -0.15) is 0 Å². The van der Waals surface area contributed by atoms with E-state index in [-0.39, 0.29) is 0 Å². The molecule has 0 atom stereocenters. The van der Waals surface area contributed by atoms with Gasteiger partial charge in [-0.05, 0) is 80.6 Å². The van der Waals surface area contributed by atoms with E-state index >= 15 is 0 Å². The fourth-order valence-corrected chi connectivity index (χ4v) is 7.77. The molecular weight excluding hydrogens is 661 g/mol. The van der Waals surface area contributed by atoms with Gasteiger partial charge in [0.1, 0.15) is 28.0 Å². The van der Waals surface area contributed by atoms with Crippen LogP contribution in [0.4, 0.5) is 0 Å². The van der Waals surface area contributed by atoms with Gasteiger partial charge in [0.15, 0.2) is 11.4 Å². The van der Waals surface area contributed by atoms with E-state index in [4.69, 9.17) is 18.8 Å². The standard InChI is InChI=1S/C50H30N2O2/c1-2-9-31(10-3-1)33-17-19-35(20-18-33)39-27-28-40-45(30-39)53-44-16-8-14-42(46(40)44)50-51-47(49-48(52-50)41-13-6-7-15-43(41)54-49)36-24-21-34(22-25-36)38-26-23-32-11-4-5-12-37(32)29-38/h1-30H. The Morgan fingerprint density at radius 2 is 0.963 bits per heavy atom. The third kappa shape index (κ3) is 5.00. The number of hydrogen-bond acceptors (Lipinski definition) is 4. The minimum absolute atomic E-state index is 0.622. The van der Waals surface area contributed by atoms with E-state index in [0.717, 1.165) is 71.9 Å². The SMILES string of the molecule is c1ccc(-c2ccc(-c3ccc4c(c3)oc3cccc(-c5nc(-c6ccc(-c7ccc8ccccc8c7)cc6)c6oc7ccccc7c6n5)c34)cc2)cc1. The predicted octanol–water partition coefficient (Wildman–Crippen LogP) is 13.8. The van der Waals surface area contributed by atoms with Crippen LogP contribution in [0.25, 0.3) is 111 Å². The van der Waals surface area contributed by atoms with Crippen molar-refractivity contribution in [3.05, 3.63) is 182 Å². The number of fused-ring (bicyclic) bond motifs is 7. The van der Waals surface area contributed by atoms with Gasteiger partial charge in [-0.15, -0.1) is 0 Å². The Labute approximate surface area is 310 Å². The number of hydrogen-bond donors (Lipinski definition) is 0. The van der Waals surface area contributed by atoms with E-state index in [9.17, 15) is 0 Å². The average molecular weight is 691 g/mol. The minimum Gasteiger partial charge on any atom is -0.456 e. The highest BCUT2D eigenvalue weighted by atomic mass is 16.3. The van der Waals surface area contributed by atoms with Crippen LogP contribution >= 0.6 is 0 Å². The molecule has 0 saturated heterocycles. The first-order chi connectivity index (χ1) is 26.7. The van der Waals surface area contributed by atoms with Crippen LogP contribution < -0.4 is 0 Å². The van der Waals surface area contributed by atoms with Crippen LogP contribution in [0.1, 0.15) is 0 Å². The molecule has 0 saturated carbocycles. The molecule has 3 heterocycles. The summed E-state index contributed by atoms with van der Waals surface area (Å²) < 4.78 is 13.0. The summed E-state index contributed by atoms with van der Waals surface area (Å²) in [6.45, 7) is 0. The number of aromatic nitrogens is 2. The lowest BCUT2D eigenvalue weighted by atomic mass is 9.98. The van der Waals surface area contributed by atoms with Crippen LogP contribution in [0.5, 0.6) is 0 Å². The van der Waals surface area contributed by atoms with Gasteiger partial charge in [0.05, 0.1) is 0 Å². The normalized spacial score (nSPS) is 11.7. The van der Waals surface area contributed by atoms with E-state index in [1.54, 1.807) is 0 Å². The van der Waals surface area contributed by atoms with Crippen LogP contribution in [0.15, 0.2) is 191 Å². The molecule has 54 heavy (non-hydrogen) atoms. The quantitative estimate of drug-likeness (QED) is 0.180. The number of nitrogens with zero attached hydrogens (tertiary/aromatic N) is 2. The van der Waals surface area contributed by atoms with Gasteiger partial charge in [0.25, 0.3) is 0 Å². The zero-order chi connectivity index (χ0) is 35.6. The Bertz CT molecular complexity index is 3190. The second-order valence-corrected chi connectivity index (χ2v) is 13.7. The van der Waals surface area contributed by atoms with Gasteiger partial charge < -0.3 is 8.83 Å². The molecule has 0 aliphatic carbocycles. The summed E-state index contributed by atoms with van der Waals surface area (Å²) >= 11 is 0. The molecule has 8 aromatic carbocycles. The maximum Gasteiger partial charge on any atom is 0.180 e. The fraction of sp³-hybridized carbons (Fsp3) is 0. The highest BCUT2D eigenvalue weighted by Gasteiger charge is 2.21. The first-order valence-corrected chi connectivity index (χ1v) is 18.1. The summed E-state index contributed by atoms with van der Waals surface area (Å²) in [5.41, 5.74) is 13.4. The van der Waals surface area contributed by atoms with E-state index in [0.29, 0.717) is 11.4 Å². The highest BCUT2D eigenvalue weighted by Crippen LogP contribution is 2.41. The van der Waals surface area contributed by atoms with Gasteiger partial charge in [0.2, 0.25) is 0 Å². The van der Waals surface area contributed by atoms with Gasteiger partial charge in [-0.1, -0.05) is 146 Å². The summed E-state index contributed by atoms with van der Waals surface area (Å²) in [4.78, 5) is 10.5. The van der Waals surface area contributed by atoms with Crippen molar-refractivity contribution in [1.82, 2.24) is 9.97 Å². The van der Waals surface area contributed by atoms with Crippen LogP contribution in [0.2, 0.25) is 0 Å². The molecule has 0 amide bonds. The van der Waals surface area contributed by atoms with Crippen molar-refractivity contribution in [2.24, 2.45) is 0 Å². The second kappa shape index (κ2) is 12.1. The Morgan fingerprint density at radius 3 is 1.78 bits per heavy atom. The summed E-state index contributed by atoms with van der Waals surface area (Å²) in [7, 11) is 0. The smallest absolute Gasteiger partial charge is 0.180 e. The summed E-state index contributed by atoms with van der Waals surface area (Å²) in [5.74, 6) is 0.622. The van der Waals surface area contributed by atoms with E-state index in [2.05, 4.69) is 146 Å². The Hall–Kier alpha value is -7.30. The molecule has 0 unspecified atom stereocenters. The number of para-hydroxylation sites is 1. The van der Waals surface area contributed by atoms with Gasteiger partial charge in [-0.3, -0.25) is 0 Å². The molecule has 3 aromatic heterocycles. The Kier molecular flexibility index (Phi) is 6.82. The molecule has 0 aliphatic heterocycles. The lowest BCUT2D eigenvalue weighted by molar-refractivity contribution is 0.667. The van der Waals surface area contributed by atoms with Crippen LogP contribution in [0.3, 0.4) is 0 Å². The van der Waals surface area contributed by atoms with Crippen molar-refractivity contribution in [1.29, 1.82) is 0 Å². The lowest BCUT2D eigenvalue weighted by Gasteiger charge is -2.09. The van der Waals surface area contributed by atoms with Gasteiger partial charge in [-0.25, -0.2) is 9.97 Å². The molecule has 252 valence electrons. The van der Waals surface area contributed by atoms with Crippen LogP contribution in [-0.2, 0) is 0 Å². The third-order valence-corrected chi connectivity index (χ3v) is 10.5. The Balaban J connectivity index is 1.03. The van der Waals surface area contributed by atoms with Crippen molar-refractivity contribution < 1.29 is 8.83 Å². The molecule has 0 aliphatic rings. The fourth-order valence-electron chi connectivity index (χ4n) is 7.77. The zero-order valence-corrected chi connectivity index (χ0v) is 29.0. The summed E-state index contributed by atoms with van der Waals surface area (Å²) in [6.07, 6.45) is 0. The first kappa shape index (κ1) is 30.3. The maximum absolute atomic E-state index is 6.54. The molecule has 0 bridgehead atoms. The Morgan fingerprint density at radius 1 is 0.352 bits per heavy atom. The lowest BCUT2D eigenvalue weighted by Crippen LogP contribution is -1.94. The number of benzene rings is 8. The molecular formula is C50H30N2O2. The van der Waals surface area contributed by atoms with Gasteiger partial charge >= 0.3 is 0 Å². The molecule has 4 heteroatoms. The van der Waals surface area contributed by atoms with Crippen molar-refractivity contribution in [3.8, 4) is 56.0 Å².